The van der Waals surface area contributed by atoms with Gasteiger partial charge >= 0.3 is 12.0 Å². The molecule has 7 nitrogen and oxygen atoms in total. The maximum atomic E-state index is 11.8. The lowest BCUT2D eigenvalue weighted by Crippen LogP contribution is -2.43. The molecule has 0 aliphatic rings. The van der Waals surface area contributed by atoms with Gasteiger partial charge in [0.05, 0.1) is 13.0 Å². The van der Waals surface area contributed by atoms with Gasteiger partial charge in [0, 0.05) is 40.5 Å². The standard InChI is InChI=1S/C11H22N2O5/c1-17-8-3-6-13(7-9-18-2)11(16)12-5-4-10(14)15/h3-9H2,1-2H3,(H,12,16)(H,14,15). The molecule has 0 unspecified atom stereocenters. The molecule has 2 N–H and O–H groups in total. The second-order valence-electron chi connectivity index (χ2n) is 3.70. The summed E-state index contributed by atoms with van der Waals surface area (Å²) in [7, 11) is 3.17. The number of hydrogen-bond acceptors (Lipinski definition) is 4. The van der Waals surface area contributed by atoms with Gasteiger partial charge in [-0.1, -0.05) is 0 Å². The maximum Gasteiger partial charge on any atom is 0.317 e. The Balaban J connectivity index is 4.00. The van der Waals surface area contributed by atoms with E-state index in [4.69, 9.17) is 14.6 Å². The first-order valence-corrected chi connectivity index (χ1v) is 5.84. The van der Waals surface area contributed by atoms with Crippen molar-refractivity contribution < 1.29 is 24.2 Å². The fraction of sp³-hybridized carbons (Fsp3) is 0.818. The second-order valence-corrected chi connectivity index (χ2v) is 3.70. The molecule has 0 aliphatic carbocycles. The summed E-state index contributed by atoms with van der Waals surface area (Å²) in [6, 6.07) is -0.274. The van der Waals surface area contributed by atoms with E-state index in [1.54, 1.807) is 19.1 Å². The SMILES string of the molecule is COCCCN(CCOC)C(=O)NCCC(=O)O. The third-order valence-corrected chi connectivity index (χ3v) is 2.24. The van der Waals surface area contributed by atoms with Crippen LogP contribution in [0, 0.1) is 0 Å². The first-order valence-electron chi connectivity index (χ1n) is 5.84. The van der Waals surface area contributed by atoms with E-state index in [9.17, 15) is 9.59 Å². The second kappa shape index (κ2) is 10.8. The van der Waals surface area contributed by atoms with Crippen LogP contribution < -0.4 is 5.32 Å². The van der Waals surface area contributed by atoms with Crippen LogP contribution in [0.25, 0.3) is 0 Å². The third-order valence-electron chi connectivity index (χ3n) is 2.24. The number of carboxylic acids is 1. The maximum absolute atomic E-state index is 11.8. The molecule has 0 saturated heterocycles. The molecule has 0 heterocycles. The fourth-order valence-corrected chi connectivity index (χ4v) is 1.30. The molecule has 0 aromatic heterocycles. The van der Waals surface area contributed by atoms with Crippen LogP contribution in [0.5, 0.6) is 0 Å². The Morgan fingerprint density at radius 2 is 1.83 bits per heavy atom. The van der Waals surface area contributed by atoms with E-state index in [0.717, 1.165) is 6.42 Å². The van der Waals surface area contributed by atoms with Crippen LogP contribution in [0.15, 0.2) is 0 Å². The molecule has 0 bridgehead atoms. The smallest absolute Gasteiger partial charge is 0.317 e. The fourth-order valence-electron chi connectivity index (χ4n) is 1.30. The van der Waals surface area contributed by atoms with Crippen molar-refractivity contribution in [2.45, 2.75) is 12.8 Å². The molecule has 7 heteroatoms. The number of carbonyl (C=O) groups is 2. The monoisotopic (exact) mass is 262 g/mol. The van der Waals surface area contributed by atoms with Crippen LogP contribution in [0.3, 0.4) is 0 Å². The normalized spacial score (nSPS) is 10.1. The van der Waals surface area contributed by atoms with E-state index < -0.39 is 5.97 Å². The van der Waals surface area contributed by atoms with Gasteiger partial charge in [-0.15, -0.1) is 0 Å². The molecule has 0 rings (SSSR count). The highest BCUT2D eigenvalue weighted by Gasteiger charge is 2.12. The largest absolute Gasteiger partial charge is 0.481 e. The summed E-state index contributed by atoms with van der Waals surface area (Å²) in [5.41, 5.74) is 0. The third kappa shape index (κ3) is 8.77. The van der Waals surface area contributed by atoms with Crippen LogP contribution in [0.4, 0.5) is 4.79 Å². The molecular weight excluding hydrogens is 240 g/mol. The minimum atomic E-state index is -0.932. The topological polar surface area (TPSA) is 88.1 Å². The van der Waals surface area contributed by atoms with Gasteiger partial charge in [-0.25, -0.2) is 4.79 Å². The predicted octanol–water partition coefficient (Wildman–Crippen LogP) is 0.156. The quantitative estimate of drug-likeness (QED) is 0.547. The summed E-state index contributed by atoms with van der Waals surface area (Å²) < 4.78 is 9.85. The van der Waals surface area contributed by atoms with Crippen molar-refractivity contribution in [1.29, 1.82) is 0 Å². The average molecular weight is 262 g/mol. The summed E-state index contributed by atoms with van der Waals surface area (Å²) >= 11 is 0. The summed E-state index contributed by atoms with van der Waals surface area (Å²) in [4.78, 5) is 23.7. The Morgan fingerprint density at radius 1 is 1.17 bits per heavy atom. The van der Waals surface area contributed by atoms with Crippen molar-refractivity contribution in [2.75, 3.05) is 47.1 Å². The number of carbonyl (C=O) groups excluding carboxylic acids is 1. The summed E-state index contributed by atoms with van der Waals surface area (Å²) in [6.07, 6.45) is 0.647. The van der Waals surface area contributed by atoms with Gasteiger partial charge in [0.2, 0.25) is 0 Å². The van der Waals surface area contributed by atoms with E-state index in [1.165, 1.54) is 0 Å². The van der Waals surface area contributed by atoms with Crippen LogP contribution in [-0.4, -0.2) is 69.1 Å². The number of hydrogen-bond donors (Lipinski definition) is 2. The number of rotatable bonds is 10. The van der Waals surface area contributed by atoms with Gasteiger partial charge in [-0.2, -0.15) is 0 Å². The van der Waals surface area contributed by atoms with E-state index in [-0.39, 0.29) is 19.0 Å². The lowest BCUT2D eigenvalue weighted by Gasteiger charge is -2.22. The molecule has 0 saturated carbocycles. The molecule has 0 atom stereocenters. The van der Waals surface area contributed by atoms with Gasteiger partial charge in [0.15, 0.2) is 0 Å². The lowest BCUT2D eigenvalue weighted by molar-refractivity contribution is -0.136. The molecule has 0 aliphatic heterocycles. The highest BCUT2D eigenvalue weighted by atomic mass is 16.5. The van der Waals surface area contributed by atoms with Gasteiger partial charge < -0.3 is 24.8 Å². The zero-order valence-electron chi connectivity index (χ0n) is 11.0. The Morgan fingerprint density at radius 3 is 2.39 bits per heavy atom. The molecule has 0 fully saturated rings. The van der Waals surface area contributed by atoms with Crippen LogP contribution >= 0.6 is 0 Å². The van der Waals surface area contributed by atoms with Crippen molar-refractivity contribution in [3.05, 3.63) is 0 Å². The zero-order chi connectivity index (χ0) is 13.8. The molecule has 106 valence electrons. The number of methoxy groups -OCH3 is 2. The Hall–Kier alpha value is -1.34. The first kappa shape index (κ1) is 16.7. The van der Waals surface area contributed by atoms with Gasteiger partial charge in [-0.3, -0.25) is 4.79 Å². The highest BCUT2D eigenvalue weighted by Crippen LogP contribution is 1.94. The number of nitrogens with zero attached hydrogens (tertiary/aromatic N) is 1. The molecule has 0 spiro atoms. The number of amides is 2. The number of urea groups is 1. The summed E-state index contributed by atoms with van der Waals surface area (Å²) in [5.74, 6) is -0.932. The summed E-state index contributed by atoms with van der Waals surface area (Å²) in [6.45, 7) is 2.17. The van der Waals surface area contributed by atoms with Crippen LogP contribution in [0.1, 0.15) is 12.8 Å². The van der Waals surface area contributed by atoms with Crippen LogP contribution in [0.2, 0.25) is 0 Å². The van der Waals surface area contributed by atoms with E-state index in [1.807, 2.05) is 0 Å². The van der Waals surface area contributed by atoms with Crippen LogP contribution in [-0.2, 0) is 14.3 Å². The lowest BCUT2D eigenvalue weighted by atomic mass is 10.4. The first-order chi connectivity index (χ1) is 8.61. The Labute approximate surface area is 107 Å². The molecule has 0 aromatic rings. The van der Waals surface area contributed by atoms with E-state index in [0.29, 0.717) is 26.3 Å². The van der Waals surface area contributed by atoms with Crippen molar-refractivity contribution in [3.8, 4) is 0 Å². The zero-order valence-corrected chi connectivity index (χ0v) is 11.0. The van der Waals surface area contributed by atoms with Gasteiger partial charge in [0.25, 0.3) is 0 Å². The van der Waals surface area contributed by atoms with Crippen molar-refractivity contribution in [1.82, 2.24) is 10.2 Å². The Bertz CT molecular complexity index is 248. The van der Waals surface area contributed by atoms with E-state index >= 15 is 0 Å². The number of aliphatic carboxylic acids is 1. The number of carboxylic acid groups (broad SMARTS) is 1. The summed E-state index contributed by atoms with van der Waals surface area (Å²) in [5, 5.41) is 11.0. The average Bonchev–Trinajstić information content (AvgIpc) is 2.33. The predicted molar refractivity (Wildman–Crippen MR) is 65.6 cm³/mol. The minimum Gasteiger partial charge on any atom is -0.481 e. The number of ether oxygens (including phenoxy) is 2. The molecule has 0 radical (unpaired) electrons. The highest BCUT2D eigenvalue weighted by molar-refractivity contribution is 5.75. The van der Waals surface area contributed by atoms with Crippen molar-refractivity contribution >= 4 is 12.0 Å². The van der Waals surface area contributed by atoms with E-state index in [2.05, 4.69) is 5.32 Å². The number of nitrogens with one attached hydrogen (secondary N) is 1. The molecular formula is C11H22N2O5. The van der Waals surface area contributed by atoms with Gasteiger partial charge in [0.1, 0.15) is 0 Å². The molecule has 18 heavy (non-hydrogen) atoms. The van der Waals surface area contributed by atoms with Gasteiger partial charge in [-0.05, 0) is 6.42 Å². The molecule has 2 amide bonds. The Kier molecular flexibility index (Phi) is 9.99. The van der Waals surface area contributed by atoms with Crippen molar-refractivity contribution in [3.63, 3.8) is 0 Å². The van der Waals surface area contributed by atoms with Crippen molar-refractivity contribution in [2.24, 2.45) is 0 Å². The minimum absolute atomic E-state index is 0.0814. The molecule has 0 aromatic carbocycles.